The van der Waals surface area contributed by atoms with Gasteiger partial charge < -0.3 is 9.64 Å². The molecule has 1 aliphatic heterocycles. The zero-order chi connectivity index (χ0) is 24.1. The van der Waals surface area contributed by atoms with Gasteiger partial charge in [0.2, 0.25) is 17.8 Å². The molecule has 2 heterocycles. The molecule has 0 aliphatic carbocycles. The van der Waals surface area contributed by atoms with E-state index in [4.69, 9.17) is 9.72 Å². The van der Waals surface area contributed by atoms with Crippen LogP contribution in [0.1, 0.15) is 32.3 Å². The number of carbonyl (C=O) groups is 2. The van der Waals surface area contributed by atoms with Crippen LogP contribution in [0.4, 0.5) is 5.95 Å². The molecule has 3 aromatic rings. The van der Waals surface area contributed by atoms with Crippen molar-refractivity contribution in [2.24, 2.45) is 5.92 Å². The van der Waals surface area contributed by atoms with Crippen LogP contribution in [-0.2, 0) is 14.3 Å². The zero-order valence-electron chi connectivity index (χ0n) is 20.0. The molecular weight excluding hydrogens is 428 g/mol. The lowest BCUT2D eigenvalue weighted by atomic mass is 10.1. The Morgan fingerprint density at radius 2 is 1.97 bits per heavy atom. The molecule has 1 atom stereocenters. The lowest BCUT2D eigenvalue weighted by Gasteiger charge is -2.26. The van der Waals surface area contributed by atoms with E-state index >= 15 is 0 Å². The number of hydrogen-bond acceptors (Lipinski definition) is 4. The van der Waals surface area contributed by atoms with Gasteiger partial charge >= 0.3 is 0 Å². The number of ether oxygens (including phenoxy) is 1. The standard InChI is InChI=1S/C27H32N4O3/c1-19(2)26(33)30(16-23-13-8-14-34-23)18-25(32)29-27-28-24(21-10-5-4-6-11-21)17-31(27)22-12-7-9-20(3)15-22/h4-7,9-12,15,17,19,23H,8,13-14,16,18H2,1-3H3,(H,28,29,32). The van der Waals surface area contributed by atoms with Crippen LogP contribution in [0.5, 0.6) is 0 Å². The largest absolute Gasteiger partial charge is 0.376 e. The second kappa shape index (κ2) is 10.7. The minimum atomic E-state index is -0.286. The van der Waals surface area contributed by atoms with E-state index in [2.05, 4.69) is 5.32 Å². The molecule has 2 aromatic carbocycles. The average Bonchev–Trinajstić information content (AvgIpc) is 3.49. The van der Waals surface area contributed by atoms with Crippen molar-refractivity contribution in [3.8, 4) is 16.9 Å². The highest BCUT2D eigenvalue weighted by Gasteiger charge is 2.26. The lowest BCUT2D eigenvalue weighted by molar-refractivity contribution is -0.139. The first kappa shape index (κ1) is 23.7. The Hall–Kier alpha value is -3.45. The molecule has 1 fully saturated rings. The van der Waals surface area contributed by atoms with E-state index in [-0.39, 0.29) is 30.4 Å². The van der Waals surface area contributed by atoms with Crippen LogP contribution in [0.2, 0.25) is 0 Å². The van der Waals surface area contributed by atoms with E-state index < -0.39 is 0 Å². The first-order chi connectivity index (χ1) is 16.4. The number of hydrogen-bond donors (Lipinski definition) is 1. The number of benzene rings is 2. The number of amides is 2. The normalized spacial score (nSPS) is 15.5. The fourth-order valence-corrected chi connectivity index (χ4v) is 4.16. The van der Waals surface area contributed by atoms with Crippen LogP contribution in [0.25, 0.3) is 16.9 Å². The van der Waals surface area contributed by atoms with E-state index in [1.165, 1.54) is 0 Å². The quantitative estimate of drug-likeness (QED) is 0.539. The summed E-state index contributed by atoms with van der Waals surface area (Å²) in [4.78, 5) is 32.2. The molecule has 1 saturated heterocycles. The number of anilines is 1. The van der Waals surface area contributed by atoms with Crippen LogP contribution in [0.15, 0.2) is 60.8 Å². The molecule has 0 spiro atoms. The van der Waals surface area contributed by atoms with Gasteiger partial charge in [0.25, 0.3) is 0 Å². The highest BCUT2D eigenvalue weighted by Crippen LogP contribution is 2.25. The van der Waals surface area contributed by atoms with Gasteiger partial charge in [-0.25, -0.2) is 4.98 Å². The second-order valence-corrected chi connectivity index (χ2v) is 9.08. The van der Waals surface area contributed by atoms with Gasteiger partial charge in [-0.15, -0.1) is 0 Å². The number of imidazole rings is 1. The Kier molecular flexibility index (Phi) is 7.43. The molecule has 1 N–H and O–H groups in total. The fraction of sp³-hybridized carbons (Fsp3) is 0.370. The molecule has 34 heavy (non-hydrogen) atoms. The maximum absolute atomic E-state index is 13.1. The minimum Gasteiger partial charge on any atom is -0.376 e. The molecule has 1 unspecified atom stereocenters. The highest BCUT2D eigenvalue weighted by atomic mass is 16.5. The summed E-state index contributed by atoms with van der Waals surface area (Å²) < 4.78 is 7.59. The number of aryl methyl sites for hydroxylation is 1. The van der Waals surface area contributed by atoms with E-state index in [9.17, 15) is 9.59 Å². The summed E-state index contributed by atoms with van der Waals surface area (Å²) in [6.45, 7) is 6.80. The van der Waals surface area contributed by atoms with E-state index in [1.54, 1.807) is 4.90 Å². The van der Waals surface area contributed by atoms with Crippen LogP contribution < -0.4 is 5.32 Å². The van der Waals surface area contributed by atoms with Crippen LogP contribution in [-0.4, -0.2) is 52.1 Å². The van der Waals surface area contributed by atoms with Crippen molar-refractivity contribution in [2.75, 3.05) is 25.0 Å². The minimum absolute atomic E-state index is 0.0190. The number of nitrogens with one attached hydrogen (secondary N) is 1. The van der Waals surface area contributed by atoms with Crippen LogP contribution in [0, 0.1) is 12.8 Å². The molecule has 2 amide bonds. The Bertz CT molecular complexity index is 1130. The molecule has 0 saturated carbocycles. The van der Waals surface area contributed by atoms with Gasteiger partial charge in [0, 0.05) is 36.5 Å². The molecule has 0 bridgehead atoms. The van der Waals surface area contributed by atoms with Crippen LogP contribution >= 0.6 is 0 Å². The van der Waals surface area contributed by atoms with Gasteiger partial charge in [0.1, 0.15) is 6.54 Å². The predicted octanol–water partition coefficient (Wildman–Crippen LogP) is 4.45. The summed E-state index contributed by atoms with van der Waals surface area (Å²) in [7, 11) is 0. The lowest BCUT2D eigenvalue weighted by Crippen LogP contribution is -2.44. The van der Waals surface area contributed by atoms with E-state index in [0.29, 0.717) is 19.1 Å². The van der Waals surface area contributed by atoms with Crippen molar-refractivity contribution >= 4 is 17.8 Å². The molecule has 7 nitrogen and oxygen atoms in total. The first-order valence-electron chi connectivity index (χ1n) is 11.8. The van der Waals surface area contributed by atoms with Crippen molar-refractivity contribution < 1.29 is 14.3 Å². The van der Waals surface area contributed by atoms with E-state index in [1.807, 2.05) is 86.1 Å². The molecule has 178 valence electrons. The molecule has 1 aromatic heterocycles. The van der Waals surface area contributed by atoms with E-state index in [0.717, 1.165) is 35.3 Å². The Morgan fingerprint density at radius 1 is 1.18 bits per heavy atom. The van der Waals surface area contributed by atoms with Gasteiger partial charge in [-0.05, 0) is 37.5 Å². The molecule has 4 rings (SSSR count). The van der Waals surface area contributed by atoms with Gasteiger partial charge in [0.05, 0.1) is 11.8 Å². The number of nitrogens with zero attached hydrogens (tertiary/aromatic N) is 3. The summed E-state index contributed by atoms with van der Waals surface area (Å²) in [6, 6.07) is 17.9. The monoisotopic (exact) mass is 460 g/mol. The highest BCUT2D eigenvalue weighted by molar-refractivity contribution is 5.94. The predicted molar refractivity (Wildman–Crippen MR) is 133 cm³/mol. The second-order valence-electron chi connectivity index (χ2n) is 9.08. The number of carbonyl (C=O) groups excluding carboxylic acids is 2. The maximum atomic E-state index is 13.1. The van der Waals surface area contributed by atoms with Gasteiger partial charge in [0.15, 0.2) is 0 Å². The van der Waals surface area contributed by atoms with Crippen molar-refractivity contribution in [1.29, 1.82) is 0 Å². The Labute approximate surface area is 200 Å². The summed E-state index contributed by atoms with van der Waals surface area (Å²) >= 11 is 0. The average molecular weight is 461 g/mol. The van der Waals surface area contributed by atoms with Gasteiger partial charge in [-0.2, -0.15) is 0 Å². The smallest absolute Gasteiger partial charge is 0.246 e. The van der Waals surface area contributed by atoms with Gasteiger partial charge in [-0.3, -0.25) is 19.5 Å². The topological polar surface area (TPSA) is 76.5 Å². The maximum Gasteiger partial charge on any atom is 0.246 e. The SMILES string of the molecule is Cc1cccc(-n2cc(-c3ccccc3)nc2NC(=O)CN(CC2CCCO2)C(=O)C(C)C)c1. The summed E-state index contributed by atoms with van der Waals surface area (Å²) in [6.07, 6.45) is 3.79. The molecule has 1 aliphatic rings. The number of rotatable bonds is 8. The molecule has 0 radical (unpaired) electrons. The van der Waals surface area contributed by atoms with Crippen molar-refractivity contribution in [1.82, 2.24) is 14.5 Å². The van der Waals surface area contributed by atoms with Crippen molar-refractivity contribution in [3.05, 3.63) is 66.4 Å². The fourth-order valence-electron chi connectivity index (χ4n) is 4.16. The molecule has 7 heteroatoms. The van der Waals surface area contributed by atoms with Crippen molar-refractivity contribution in [2.45, 2.75) is 39.7 Å². The third-order valence-electron chi connectivity index (χ3n) is 5.89. The summed E-state index contributed by atoms with van der Waals surface area (Å²) in [5.74, 6) is -0.125. The number of aromatic nitrogens is 2. The Morgan fingerprint density at radius 3 is 2.65 bits per heavy atom. The summed E-state index contributed by atoms with van der Waals surface area (Å²) in [5.41, 5.74) is 3.72. The first-order valence-corrected chi connectivity index (χ1v) is 11.8. The van der Waals surface area contributed by atoms with Crippen LogP contribution in [0.3, 0.4) is 0 Å². The Balaban J connectivity index is 1.59. The van der Waals surface area contributed by atoms with Crippen molar-refractivity contribution in [3.63, 3.8) is 0 Å². The summed E-state index contributed by atoms with van der Waals surface area (Å²) in [5, 5.41) is 2.95. The third-order valence-corrected chi connectivity index (χ3v) is 5.89. The third kappa shape index (κ3) is 5.72. The molecular formula is C27H32N4O3. The zero-order valence-corrected chi connectivity index (χ0v) is 20.0. The van der Waals surface area contributed by atoms with Gasteiger partial charge in [-0.1, -0.05) is 56.3 Å².